The number of nitrogens with zero attached hydrogens (tertiary/aromatic N) is 2. The third-order valence-corrected chi connectivity index (χ3v) is 4.25. The van der Waals surface area contributed by atoms with Crippen LogP contribution in [-0.2, 0) is 11.3 Å². The third kappa shape index (κ3) is 6.01. The van der Waals surface area contributed by atoms with Crippen LogP contribution in [0.15, 0.2) is 11.6 Å². The number of carbonyl (C=O) groups excluding carboxylic acids is 1. The van der Waals surface area contributed by atoms with E-state index in [0.717, 1.165) is 32.5 Å². The van der Waals surface area contributed by atoms with Gasteiger partial charge in [0.1, 0.15) is 10.6 Å². The van der Waals surface area contributed by atoms with Crippen LogP contribution < -0.4 is 5.32 Å². The standard InChI is InChI=1S/C15H25N3O2S/c1-15(2,3)20-14(19)17-10-12-4-7-18(8-5-12)11-13-16-6-9-21-13/h6,9,12H,4-5,7-8,10-11H2,1-3H3,(H,17,19). The minimum absolute atomic E-state index is 0.312. The van der Waals surface area contributed by atoms with Gasteiger partial charge in [-0.1, -0.05) is 0 Å². The molecule has 6 heteroatoms. The van der Waals surface area contributed by atoms with E-state index >= 15 is 0 Å². The first-order chi connectivity index (χ1) is 9.92. The maximum atomic E-state index is 11.6. The summed E-state index contributed by atoms with van der Waals surface area (Å²) >= 11 is 1.71. The largest absolute Gasteiger partial charge is 0.444 e. The number of likely N-dealkylation sites (tertiary alicyclic amines) is 1. The molecule has 1 aliphatic rings. The molecule has 0 spiro atoms. The van der Waals surface area contributed by atoms with E-state index in [1.54, 1.807) is 11.3 Å². The van der Waals surface area contributed by atoms with Crippen LogP contribution >= 0.6 is 11.3 Å². The lowest BCUT2D eigenvalue weighted by Gasteiger charge is -2.31. The van der Waals surface area contributed by atoms with Crippen LogP contribution in [0, 0.1) is 5.92 Å². The second-order valence-electron chi connectivity index (χ2n) is 6.53. The van der Waals surface area contributed by atoms with Crippen molar-refractivity contribution in [1.82, 2.24) is 15.2 Å². The Balaban J connectivity index is 1.64. The highest BCUT2D eigenvalue weighted by molar-refractivity contribution is 7.09. The van der Waals surface area contributed by atoms with E-state index in [0.29, 0.717) is 12.5 Å². The van der Waals surface area contributed by atoms with Gasteiger partial charge in [0.2, 0.25) is 0 Å². The fourth-order valence-corrected chi connectivity index (χ4v) is 3.07. The molecule has 1 aromatic rings. The van der Waals surface area contributed by atoms with Crippen LogP contribution in [0.4, 0.5) is 4.79 Å². The maximum Gasteiger partial charge on any atom is 0.407 e. The summed E-state index contributed by atoms with van der Waals surface area (Å²) in [6, 6.07) is 0. The van der Waals surface area contributed by atoms with Gasteiger partial charge in [-0.15, -0.1) is 11.3 Å². The van der Waals surface area contributed by atoms with E-state index < -0.39 is 5.60 Å². The quantitative estimate of drug-likeness (QED) is 0.929. The highest BCUT2D eigenvalue weighted by Crippen LogP contribution is 2.19. The second kappa shape index (κ2) is 7.22. The van der Waals surface area contributed by atoms with Crippen molar-refractivity contribution in [3.8, 4) is 0 Å². The van der Waals surface area contributed by atoms with Crippen molar-refractivity contribution in [3.63, 3.8) is 0 Å². The predicted molar refractivity (Wildman–Crippen MR) is 84.4 cm³/mol. The molecule has 0 aromatic carbocycles. The van der Waals surface area contributed by atoms with Crippen LogP contribution in [0.25, 0.3) is 0 Å². The van der Waals surface area contributed by atoms with Gasteiger partial charge in [-0.25, -0.2) is 9.78 Å². The van der Waals surface area contributed by atoms with E-state index in [1.165, 1.54) is 5.01 Å². The van der Waals surface area contributed by atoms with Gasteiger partial charge < -0.3 is 10.1 Å². The first kappa shape index (κ1) is 16.2. The van der Waals surface area contributed by atoms with Crippen LogP contribution in [0.5, 0.6) is 0 Å². The number of thiazole rings is 1. The van der Waals surface area contributed by atoms with Crippen molar-refractivity contribution in [3.05, 3.63) is 16.6 Å². The summed E-state index contributed by atoms with van der Waals surface area (Å²) in [6.45, 7) is 9.43. The van der Waals surface area contributed by atoms with Gasteiger partial charge in [0.15, 0.2) is 0 Å². The number of piperidine rings is 1. The molecule has 2 rings (SSSR count). The number of alkyl carbamates (subject to hydrolysis) is 1. The number of aromatic nitrogens is 1. The Morgan fingerprint density at radius 2 is 2.19 bits per heavy atom. The van der Waals surface area contributed by atoms with Crippen molar-refractivity contribution >= 4 is 17.4 Å². The zero-order valence-corrected chi connectivity index (χ0v) is 13.9. The van der Waals surface area contributed by atoms with E-state index in [9.17, 15) is 4.79 Å². The number of hydrogen-bond acceptors (Lipinski definition) is 5. The van der Waals surface area contributed by atoms with E-state index in [1.807, 2.05) is 32.3 Å². The zero-order valence-electron chi connectivity index (χ0n) is 13.1. The Morgan fingerprint density at radius 3 is 2.76 bits per heavy atom. The highest BCUT2D eigenvalue weighted by atomic mass is 32.1. The normalized spacial score (nSPS) is 17.7. The lowest BCUT2D eigenvalue weighted by molar-refractivity contribution is 0.0509. The maximum absolute atomic E-state index is 11.6. The zero-order chi connectivity index (χ0) is 15.3. The second-order valence-corrected chi connectivity index (χ2v) is 7.51. The topological polar surface area (TPSA) is 54.5 Å². The molecule has 1 amide bonds. The Bertz CT molecular complexity index is 434. The number of nitrogens with one attached hydrogen (secondary N) is 1. The van der Waals surface area contributed by atoms with E-state index in [2.05, 4.69) is 15.2 Å². The predicted octanol–water partition coefficient (Wildman–Crippen LogP) is 2.88. The van der Waals surface area contributed by atoms with Gasteiger partial charge in [0.05, 0.1) is 6.54 Å². The monoisotopic (exact) mass is 311 g/mol. The summed E-state index contributed by atoms with van der Waals surface area (Å²) < 4.78 is 5.25. The molecule has 118 valence electrons. The van der Waals surface area contributed by atoms with Crippen molar-refractivity contribution < 1.29 is 9.53 Å². The summed E-state index contributed by atoms with van der Waals surface area (Å²) in [5, 5.41) is 6.08. The molecular formula is C15H25N3O2S. The van der Waals surface area contributed by atoms with E-state index in [4.69, 9.17) is 4.74 Å². The number of hydrogen-bond donors (Lipinski definition) is 1. The summed E-state index contributed by atoms with van der Waals surface area (Å²) in [5.74, 6) is 0.546. The summed E-state index contributed by atoms with van der Waals surface area (Å²) in [5.41, 5.74) is -0.429. The Morgan fingerprint density at radius 1 is 1.48 bits per heavy atom. The molecule has 0 unspecified atom stereocenters. The molecule has 0 atom stereocenters. The Kier molecular flexibility index (Phi) is 5.58. The average molecular weight is 311 g/mol. The molecule has 1 saturated heterocycles. The first-order valence-corrected chi connectivity index (χ1v) is 8.38. The average Bonchev–Trinajstić information content (AvgIpc) is 2.89. The summed E-state index contributed by atoms with van der Waals surface area (Å²) in [7, 11) is 0. The van der Waals surface area contributed by atoms with Crippen molar-refractivity contribution in [2.75, 3.05) is 19.6 Å². The fraction of sp³-hybridized carbons (Fsp3) is 0.733. The first-order valence-electron chi connectivity index (χ1n) is 7.50. The molecular weight excluding hydrogens is 286 g/mol. The van der Waals surface area contributed by atoms with Crippen molar-refractivity contribution in [2.24, 2.45) is 5.92 Å². The summed E-state index contributed by atoms with van der Waals surface area (Å²) in [6.07, 6.45) is 3.77. The van der Waals surface area contributed by atoms with Gasteiger partial charge in [-0.05, 0) is 52.6 Å². The Labute approximate surface area is 130 Å². The molecule has 1 aromatic heterocycles. The lowest BCUT2D eigenvalue weighted by atomic mass is 9.97. The molecule has 1 N–H and O–H groups in total. The molecule has 0 saturated carbocycles. The molecule has 1 aliphatic heterocycles. The third-order valence-electron chi connectivity index (χ3n) is 3.48. The van der Waals surface area contributed by atoms with Gasteiger partial charge >= 0.3 is 6.09 Å². The van der Waals surface area contributed by atoms with Crippen LogP contribution in [0.3, 0.4) is 0 Å². The number of carbonyl (C=O) groups is 1. The minimum Gasteiger partial charge on any atom is -0.444 e. The summed E-state index contributed by atoms with van der Waals surface area (Å²) in [4.78, 5) is 18.4. The molecule has 21 heavy (non-hydrogen) atoms. The number of ether oxygens (including phenoxy) is 1. The Hall–Kier alpha value is -1.14. The van der Waals surface area contributed by atoms with E-state index in [-0.39, 0.29) is 6.09 Å². The molecule has 0 aliphatic carbocycles. The smallest absolute Gasteiger partial charge is 0.407 e. The number of amides is 1. The molecule has 0 bridgehead atoms. The SMILES string of the molecule is CC(C)(C)OC(=O)NCC1CCN(Cc2nccs2)CC1. The van der Waals surface area contributed by atoms with Gasteiger partial charge in [0, 0.05) is 18.1 Å². The fourth-order valence-electron chi connectivity index (χ4n) is 2.41. The van der Waals surface area contributed by atoms with Crippen molar-refractivity contribution in [2.45, 2.75) is 45.8 Å². The van der Waals surface area contributed by atoms with Gasteiger partial charge in [0.25, 0.3) is 0 Å². The molecule has 1 fully saturated rings. The minimum atomic E-state index is -0.429. The van der Waals surface area contributed by atoms with Gasteiger partial charge in [-0.2, -0.15) is 0 Å². The van der Waals surface area contributed by atoms with Crippen LogP contribution in [0.1, 0.15) is 38.6 Å². The molecule has 2 heterocycles. The van der Waals surface area contributed by atoms with Gasteiger partial charge in [-0.3, -0.25) is 4.90 Å². The highest BCUT2D eigenvalue weighted by Gasteiger charge is 2.21. The van der Waals surface area contributed by atoms with Crippen LogP contribution in [0.2, 0.25) is 0 Å². The number of rotatable bonds is 4. The molecule has 5 nitrogen and oxygen atoms in total. The lowest BCUT2D eigenvalue weighted by Crippen LogP contribution is -2.40. The van der Waals surface area contributed by atoms with Crippen molar-refractivity contribution in [1.29, 1.82) is 0 Å². The van der Waals surface area contributed by atoms with Crippen LogP contribution in [-0.4, -0.2) is 41.2 Å². The molecule has 0 radical (unpaired) electrons.